The molecule has 4 N–H and O–H groups in total. The van der Waals surface area contributed by atoms with Crippen LogP contribution in [-0.2, 0) is 33.3 Å². The van der Waals surface area contributed by atoms with E-state index in [0.717, 1.165) is 12.7 Å². The van der Waals surface area contributed by atoms with Gasteiger partial charge in [-0.15, -0.1) is 6.58 Å². The van der Waals surface area contributed by atoms with Crippen molar-refractivity contribution in [3.05, 3.63) is 24.5 Å². The average molecular weight is 460 g/mol. The predicted octanol–water partition coefficient (Wildman–Crippen LogP) is -0.632. The van der Waals surface area contributed by atoms with E-state index in [1.165, 1.54) is 13.2 Å². The van der Waals surface area contributed by atoms with Gasteiger partial charge in [-0.1, -0.05) is 19.4 Å². The van der Waals surface area contributed by atoms with Gasteiger partial charge in [0.25, 0.3) is 0 Å². The minimum absolute atomic E-state index is 0.0819. The van der Waals surface area contributed by atoms with Gasteiger partial charge in [0, 0.05) is 11.8 Å². The summed E-state index contributed by atoms with van der Waals surface area (Å²) in [5.74, 6) is -2.76. The van der Waals surface area contributed by atoms with Crippen LogP contribution in [0.1, 0.15) is 26.2 Å². The van der Waals surface area contributed by atoms with Gasteiger partial charge < -0.3 is 44.1 Å². The van der Waals surface area contributed by atoms with E-state index in [1.54, 1.807) is 0 Å². The van der Waals surface area contributed by atoms with Crippen LogP contribution in [0.2, 0.25) is 0 Å². The average Bonchev–Trinajstić information content (AvgIpc) is 2.79. The van der Waals surface area contributed by atoms with E-state index in [1.807, 2.05) is 6.92 Å². The zero-order valence-electron chi connectivity index (χ0n) is 18.2. The molecule has 8 atom stereocenters. The molecular formula is C21H32O11. The van der Waals surface area contributed by atoms with Crippen molar-refractivity contribution in [2.75, 3.05) is 20.3 Å². The number of aliphatic hydroxyl groups excluding tert-OH is 4. The molecule has 0 radical (unpaired) electrons. The molecule has 32 heavy (non-hydrogen) atoms. The highest BCUT2D eigenvalue weighted by Gasteiger charge is 2.47. The number of hydrogen-bond acceptors (Lipinski definition) is 11. The van der Waals surface area contributed by atoms with Crippen molar-refractivity contribution < 1.29 is 53.7 Å². The number of carbonyl (C=O) groups is 2. The molecule has 2 heterocycles. The van der Waals surface area contributed by atoms with Crippen LogP contribution in [0, 0.1) is 11.8 Å². The first-order valence-corrected chi connectivity index (χ1v) is 10.5. The molecule has 2 aliphatic rings. The van der Waals surface area contributed by atoms with Crippen molar-refractivity contribution in [1.29, 1.82) is 0 Å². The van der Waals surface area contributed by atoms with Crippen LogP contribution < -0.4 is 0 Å². The zero-order valence-corrected chi connectivity index (χ0v) is 18.2. The maximum Gasteiger partial charge on any atom is 0.337 e. The smallest absolute Gasteiger partial charge is 0.337 e. The van der Waals surface area contributed by atoms with Crippen LogP contribution in [0.4, 0.5) is 0 Å². The number of rotatable bonds is 10. The first kappa shape index (κ1) is 26.2. The standard InChI is InChI=1S/C21H32O11/c1-4-6-7-29-15(23)8-12-11(5-2)20(30-10-13(12)19(27)28-3)32-21-18(26)17(25)16(24)14(9-22)31-21/h5,10-12,14,16-18,20-22,24-26H,2,4,6-9H2,1,3H3/t11-,12+,14-,16-,17-,18+,20-,21-/m1/s1. The molecule has 11 heteroatoms. The Kier molecular flexibility index (Phi) is 10.1. The molecule has 0 bridgehead atoms. The highest BCUT2D eigenvalue weighted by atomic mass is 16.8. The second-order valence-corrected chi connectivity index (χ2v) is 7.60. The fourth-order valence-electron chi connectivity index (χ4n) is 3.56. The normalized spacial score (nSPS) is 34.8. The number of methoxy groups -OCH3 is 1. The van der Waals surface area contributed by atoms with Crippen molar-refractivity contribution >= 4 is 11.9 Å². The molecule has 2 rings (SSSR count). The Hall–Kier alpha value is -2.02. The highest BCUT2D eigenvalue weighted by molar-refractivity contribution is 5.90. The SMILES string of the molecule is C=C[C@H]1[C@@H](O[C@H]2O[C@H](CO)[C@@H](O)[C@@H](O)[C@@H]2O)OC=C(C(=O)OC)[C@H]1CC(=O)OCCCC. The molecule has 0 unspecified atom stereocenters. The van der Waals surface area contributed by atoms with E-state index in [2.05, 4.69) is 6.58 Å². The van der Waals surface area contributed by atoms with Gasteiger partial charge in [-0.05, 0) is 6.42 Å². The molecule has 0 aromatic carbocycles. The Labute approximate surface area is 186 Å². The first-order chi connectivity index (χ1) is 15.3. The van der Waals surface area contributed by atoms with E-state index in [0.29, 0.717) is 6.42 Å². The Balaban J connectivity index is 2.21. The summed E-state index contributed by atoms with van der Waals surface area (Å²) in [6, 6.07) is 0. The van der Waals surface area contributed by atoms with Crippen LogP contribution in [0.25, 0.3) is 0 Å². The summed E-state index contributed by atoms with van der Waals surface area (Å²) in [4.78, 5) is 24.6. The summed E-state index contributed by atoms with van der Waals surface area (Å²) in [6.45, 7) is 5.31. The monoisotopic (exact) mass is 460 g/mol. The molecule has 0 spiro atoms. The number of esters is 2. The second kappa shape index (κ2) is 12.3. The van der Waals surface area contributed by atoms with Crippen LogP contribution in [0.5, 0.6) is 0 Å². The zero-order chi connectivity index (χ0) is 23.8. The van der Waals surface area contributed by atoms with Gasteiger partial charge in [-0.25, -0.2) is 4.79 Å². The van der Waals surface area contributed by atoms with E-state index < -0.39 is 67.4 Å². The molecule has 0 amide bonds. The second-order valence-electron chi connectivity index (χ2n) is 7.60. The fraction of sp³-hybridized carbons (Fsp3) is 0.714. The summed E-state index contributed by atoms with van der Waals surface area (Å²) in [6.07, 6.45) is -4.75. The fourth-order valence-corrected chi connectivity index (χ4v) is 3.56. The summed E-state index contributed by atoms with van der Waals surface area (Å²) < 4.78 is 26.5. The minimum atomic E-state index is -1.65. The summed E-state index contributed by atoms with van der Waals surface area (Å²) in [7, 11) is 1.19. The van der Waals surface area contributed by atoms with Gasteiger partial charge in [0.1, 0.15) is 24.4 Å². The Morgan fingerprint density at radius 2 is 1.91 bits per heavy atom. The Bertz CT molecular complexity index is 677. The molecule has 1 saturated heterocycles. The maximum absolute atomic E-state index is 12.3. The lowest BCUT2D eigenvalue weighted by Crippen LogP contribution is -2.60. The molecule has 0 saturated carbocycles. The maximum atomic E-state index is 12.3. The highest BCUT2D eigenvalue weighted by Crippen LogP contribution is 2.37. The lowest BCUT2D eigenvalue weighted by Gasteiger charge is -2.42. The number of hydrogen-bond donors (Lipinski definition) is 4. The molecular weight excluding hydrogens is 428 g/mol. The third kappa shape index (κ3) is 6.06. The summed E-state index contributed by atoms with van der Waals surface area (Å²) >= 11 is 0. The Morgan fingerprint density at radius 3 is 2.50 bits per heavy atom. The largest absolute Gasteiger partial charge is 0.471 e. The number of carbonyl (C=O) groups excluding carboxylic acids is 2. The van der Waals surface area contributed by atoms with Crippen molar-refractivity contribution in [3.63, 3.8) is 0 Å². The van der Waals surface area contributed by atoms with Crippen LogP contribution in [0.3, 0.4) is 0 Å². The lowest BCUT2D eigenvalue weighted by atomic mass is 9.81. The van der Waals surface area contributed by atoms with Gasteiger partial charge >= 0.3 is 11.9 Å². The minimum Gasteiger partial charge on any atom is -0.471 e. The van der Waals surface area contributed by atoms with E-state index in [9.17, 15) is 30.0 Å². The van der Waals surface area contributed by atoms with Crippen LogP contribution in [0.15, 0.2) is 24.5 Å². The molecule has 1 fully saturated rings. The molecule has 182 valence electrons. The lowest BCUT2D eigenvalue weighted by molar-refractivity contribution is -0.339. The number of unbranched alkanes of at least 4 members (excludes halogenated alkanes) is 1. The molecule has 0 aliphatic carbocycles. The molecule has 0 aromatic rings. The van der Waals surface area contributed by atoms with Crippen LogP contribution in [-0.4, -0.2) is 89.7 Å². The van der Waals surface area contributed by atoms with E-state index in [4.69, 9.17) is 23.7 Å². The van der Waals surface area contributed by atoms with Crippen LogP contribution >= 0.6 is 0 Å². The topological polar surface area (TPSA) is 161 Å². The van der Waals surface area contributed by atoms with Gasteiger partial charge in [0.05, 0.1) is 38.6 Å². The summed E-state index contributed by atoms with van der Waals surface area (Å²) in [5.41, 5.74) is 0.0819. The summed E-state index contributed by atoms with van der Waals surface area (Å²) in [5, 5.41) is 39.5. The van der Waals surface area contributed by atoms with E-state index >= 15 is 0 Å². The third-order valence-corrected chi connectivity index (χ3v) is 5.46. The quantitative estimate of drug-likeness (QED) is 0.187. The molecule has 2 aliphatic heterocycles. The van der Waals surface area contributed by atoms with Gasteiger partial charge in [0.2, 0.25) is 6.29 Å². The van der Waals surface area contributed by atoms with Gasteiger partial charge in [0.15, 0.2) is 6.29 Å². The van der Waals surface area contributed by atoms with Crippen molar-refractivity contribution in [2.24, 2.45) is 11.8 Å². The van der Waals surface area contributed by atoms with Crippen molar-refractivity contribution in [2.45, 2.75) is 63.2 Å². The number of aliphatic hydroxyl groups is 4. The van der Waals surface area contributed by atoms with E-state index in [-0.39, 0.29) is 18.6 Å². The molecule has 11 nitrogen and oxygen atoms in total. The number of ether oxygens (including phenoxy) is 5. The Morgan fingerprint density at radius 1 is 1.19 bits per heavy atom. The van der Waals surface area contributed by atoms with Gasteiger partial charge in [-0.2, -0.15) is 0 Å². The predicted molar refractivity (Wildman–Crippen MR) is 107 cm³/mol. The van der Waals surface area contributed by atoms with Crippen molar-refractivity contribution in [3.8, 4) is 0 Å². The third-order valence-electron chi connectivity index (χ3n) is 5.46. The van der Waals surface area contributed by atoms with Crippen molar-refractivity contribution in [1.82, 2.24) is 0 Å². The first-order valence-electron chi connectivity index (χ1n) is 10.5. The molecule has 0 aromatic heterocycles. The van der Waals surface area contributed by atoms with Gasteiger partial charge in [-0.3, -0.25) is 4.79 Å².